The van der Waals surface area contributed by atoms with Crippen LogP contribution in [0.5, 0.6) is 0 Å². The zero-order chi connectivity index (χ0) is 10.8. The van der Waals surface area contributed by atoms with Gasteiger partial charge in [-0.3, -0.25) is 4.84 Å². The smallest absolute Gasteiger partial charge is 0.236 e. The number of hydrogen-bond donors (Lipinski definition) is 1. The molecule has 5 heteroatoms. The maximum absolute atomic E-state index is 11.6. The van der Waals surface area contributed by atoms with E-state index >= 15 is 0 Å². The lowest BCUT2D eigenvalue weighted by atomic mass is 10.2. The Kier molecular flexibility index (Phi) is 3.55. The highest BCUT2D eigenvalue weighted by Gasteiger charge is 2.29. The molecule has 14 heavy (non-hydrogen) atoms. The van der Waals surface area contributed by atoms with Gasteiger partial charge in [0.1, 0.15) is 0 Å². The predicted molar refractivity (Wildman–Crippen MR) is 55.1 cm³/mol. The summed E-state index contributed by atoms with van der Waals surface area (Å²) in [5.41, 5.74) is -0.480. The summed E-state index contributed by atoms with van der Waals surface area (Å²) in [5.74, 6) is 0. The Morgan fingerprint density at radius 1 is 1.21 bits per heavy atom. The van der Waals surface area contributed by atoms with Crippen molar-refractivity contribution in [3.63, 3.8) is 0 Å². The third-order valence-corrected chi connectivity index (χ3v) is 3.87. The Balaban J connectivity index is 2.50. The van der Waals surface area contributed by atoms with E-state index < -0.39 is 15.6 Å². The molecule has 4 nitrogen and oxygen atoms in total. The minimum Gasteiger partial charge on any atom is -0.281 e. The van der Waals surface area contributed by atoms with Crippen molar-refractivity contribution in [2.45, 2.75) is 57.3 Å². The summed E-state index contributed by atoms with van der Waals surface area (Å²) in [6, 6.07) is 0. The number of nitrogens with one attached hydrogen (secondary N) is 1. The standard InChI is InChI=1S/C9H19NO3S/c1-9(2,3)13-10-14(11,12)8-6-4-5-7-8/h8,10H,4-7H2,1-3H3. The average Bonchev–Trinajstić information content (AvgIpc) is 2.52. The van der Waals surface area contributed by atoms with Gasteiger partial charge in [0.25, 0.3) is 0 Å². The lowest BCUT2D eigenvalue weighted by Crippen LogP contribution is -2.38. The second-order valence-electron chi connectivity index (χ2n) is 4.75. The minimum absolute atomic E-state index is 0.259. The fourth-order valence-corrected chi connectivity index (χ4v) is 2.91. The first kappa shape index (κ1) is 11.9. The first-order valence-corrected chi connectivity index (χ1v) is 6.54. The Labute approximate surface area is 86.0 Å². The van der Waals surface area contributed by atoms with Crippen LogP contribution in [0.4, 0.5) is 0 Å². The highest BCUT2D eigenvalue weighted by Crippen LogP contribution is 2.24. The van der Waals surface area contributed by atoms with Crippen LogP contribution in [0.15, 0.2) is 0 Å². The van der Waals surface area contributed by atoms with Gasteiger partial charge in [-0.25, -0.2) is 8.42 Å². The summed E-state index contributed by atoms with van der Waals surface area (Å²) >= 11 is 0. The summed E-state index contributed by atoms with van der Waals surface area (Å²) in [6.45, 7) is 5.43. The van der Waals surface area contributed by atoms with Gasteiger partial charge in [0.05, 0.1) is 10.9 Å². The SMILES string of the molecule is CC(C)(C)ONS(=O)(=O)C1CCCC1. The maximum Gasteiger partial charge on any atom is 0.236 e. The number of rotatable bonds is 3. The van der Waals surface area contributed by atoms with Gasteiger partial charge in [0.2, 0.25) is 10.0 Å². The first-order valence-electron chi connectivity index (χ1n) is 5.00. The molecule has 1 aliphatic rings. The molecule has 0 aromatic heterocycles. The van der Waals surface area contributed by atoms with Crippen molar-refractivity contribution >= 4 is 10.0 Å². The molecule has 1 rings (SSSR count). The highest BCUT2D eigenvalue weighted by molar-refractivity contribution is 7.90. The lowest BCUT2D eigenvalue weighted by Gasteiger charge is -2.21. The van der Waals surface area contributed by atoms with E-state index in [1.807, 2.05) is 20.8 Å². The molecule has 1 fully saturated rings. The van der Waals surface area contributed by atoms with Crippen molar-refractivity contribution in [2.75, 3.05) is 0 Å². The van der Waals surface area contributed by atoms with E-state index in [2.05, 4.69) is 4.89 Å². The van der Waals surface area contributed by atoms with Crippen LogP contribution in [-0.2, 0) is 14.9 Å². The monoisotopic (exact) mass is 221 g/mol. The zero-order valence-corrected chi connectivity index (χ0v) is 9.86. The molecule has 0 aromatic rings. The van der Waals surface area contributed by atoms with Gasteiger partial charge >= 0.3 is 0 Å². The van der Waals surface area contributed by atoms with E-state index in [1.165, 1.54) is 0 Å². The second kappa shape index (κ2) is 4.16. The Morgan fingerprint density at radius 2 is 1.71 bits per heavy atom. The molecule has 84 valence electrons. The van der Waals surface area contributed by atoms with Crippen molar-refractivity contribution in [3.8, 4) is 0 Å². The maximum atomic E-state index is 11.6. The zero-order valence-electron chi connectivity index (χ0n) is 9.04. The van der Waals surface area contributed by atoms with E-state index in [-0.39, 0.29) is 5.25 Å². The van der Waals surface area contributed by atoms with Crippen LogP contribution in [0.3, 0.4) is 0 Å². The van der Waals surface area contributed by atoms with Crippen LogP contribution < -0.4 is 4.89 Å². The average molecular weight is 221 g/mol. The molecule has 0 atom stereocenters. The summed E-state index contributed by atoms with van der Waals surface area (Å²) in [5, 5.41) is -0.259. The van der Waals surface area contributed by atoms with Crippen LogP contribution in [0.1, 0.15) is 46.5 Å². The summed E-state index contributed by atoms with van der Waals surface area (Å²) in [4.78, 5) is 7.28. The third-order valence-electron chi connectivity index (χ3n) is 2.21. The highest BCUT2D eigenvalue weighted by atomic mass is 32.2. The molecular formula is C9H19NO3S. The third kappa shape index (κ3) is 3.55. The van der Waals surface area contributed by atoms with Gasteiger partial charge in [-0.2, -0.15) is 0 Å². The van der Waals surface area contributed by atoms with Crippen LogP contribution in [0.2, 0.25) is 0 Å². The van der Waals surface area contributed by atoms with E-state index in [0.29, 0.717) is 0 Å². The van der Waals surface area contributed by atoms with Crippen molar-refractivity contribution in [2.24, 2.45) is 0 Å². The van der Waals surface area contributed by atoms with Crippen LogP contribution >= 0.6 is 0 Å². The molecular weight excluding hydrogens is 202 g/mol. The van der Waals surface area contributed by atoms with Gasteiger partial charge in [-0.15, -0.1) is 0 Å². The second-order valence-corrected chi connectivity index (χ2v) is 6.67. The van der Waals surface area contributed by atoms with Crippen molar-refractivity contribution in [1.29, 1.82) is 0 Å². The summed E-state index contributed by atoms with van der Waals surface area (Å²) in [7, 11) is -3.27. The molecule has 1 aliphatic carbocycles. The lowest BCUT2D eigenvalue weighted by molar-refractivity contribution is -0.0361. The molecule has 0 bridgehead atoms. The molecule has 0 radical (unpaired) electrons. The fourth-order valence-electron chi connectivity index (χ4n) is 1.45. The van der Waals surface area contributed by atoms with Crippen molar-refractivity contribution < 1.29 is 13.3 Å². The Hall–Kier alpha value is -0.130. The minimum atomic E-state index is -3.27. The first-order chi connectivity index (χ1) is 6.31. The molecule has 0 heterocycles. The van der Waals surface area contributed by atoms with E-state index in [1.54, 1.807) is 0 Å². The van der Waals surface area contributed by atoms with Crippen LogP contribution in [0.25, 0.3) is 0 Å². The van der Waals surface area contributed by atoms with Gasteiger partial charge in [0, 0.05) is 0 Å². The molecule has 1 N–H and O–H groups in total. The van der Waals surface area contributed by atoms with Crippen molar-refractivity contribution in [1.82, 2.24) is 4.89 Å². The van der Waals surface area contributed by atoms with Gasteiger partial charge < -0.3 is 0 Å². The molecule has 0 amide bonds. The van der Waals surface area contributed by atoms with E-state index in [0.717, 1.165) is 25.7 Å². The van der Waals surface area contributed by atoms with Crippen LogP contribution in [0, 0.1) is 0 Å². The Morgan fingerprint density at radius 3 is 2.14 bits per heavy atom. The quantitative estimate of drug-likeness (QED) is 0.736. The van der Waals surface area contributed by atoms with E-state index in [4.69, 9.17) is 4.84 Å². The fraction of sp³-hybridized carbons (Fsp3) is 1.00. The largest absolute Gasteiger partial charge is 0.281 e. The summed E-state index contributed by atoms with van der Waals surface area (Å²) in [6.07, 6.45) is 3.51. The topological polar surface area (TPSA) is 55.4 Å². The molecule has 1 saturated carbocycles. The Bertz CT molecular complexity index is 273. The molecule has 0 aromatic carbocycles. The normalized spacial score (nSPS) is 20.2. The van der Waals surface area contributed by atoms with E-state index in [9.17, 15) is 8.42 Å². The van der Waals surface area contributed by atoms with Gasteiger partial charge in [-0.1, -0.05) is 17.7 Å². The summed E-state index contributed by atoms with van der Waals surface area (Å²) < 4.78 is 23.3. The molecule has 0 aliphatic heterocycles. The predicted octanol–water partition coefficient (Wildman–Crippen LogP) is 1.58. The van der Waals surface area contributed by atoms with Crippen molar-refractivity contribution in [3.05, 3.63) is 0 Å². The molecule has 0 spiro atoms. The van der Waals surface area contributed by atoms with Gasteiger partial charge in [-0.05, 0) is 33.6 Å². The van der Waals surface area contributed by atoms with Gasteiger partial charge in [0.15, 0.2) is 0 Å². The number of hydrogen-bond acceptors (Lipinski definition) is 3. The number of sulfonamides is 1. The molecule has 0 saturated heterocycles. The molecule has 0 unspecified atom stereocenters. The van der Waals surface area contributed by atoms with Crippen LogP contribution in [-0.4, -0.2) is 19.3 Å².